The smallest absolute Gasteiger partial charge is 0.341 e. The van der Waals surface area contributed by atoms with Crippen LogP contribution in [0.3, 0.4) is 0 Å². The summed E-state index contributed by atoms with van der Waals surface area (Å²) in [6.07, 6.45) is -3.06. The summed E-state index contributed by atoms with van der Waals surface area (Å²) in [4.78, 5) is 30.1. The van der Waals surface area contributed by atoms with E-state index in [4.69, 9.17) is 0 Å². The molecule has 1 aromatic carbocycles. The molecular weight excluding hydrogens is 467 g/mol. The Bertz CT molecular complexity index is 1340. The SMILES string of the molecule is Cc1cc(C)c(CCC(=O)c2c(C)n([C@H](C)[C@H]3CCN(C)[C@@H](C(F)(F)F)C3)c3ccccc23)c(=O)[nH]1. The average Bonchev–Trinajstić information content (AvgIpc) is 3.09. The third kappa shape index (κ3) is 4.88. The van der Waals surface area contributed by atoms with Gasteiger partial charge in [0.15, 0.2) is 5.78 Å². The Morgan fingerprint density at radius 2 is 1.89 bits per heavy atom. The van der Waals surface area contributed by atoms with Crippen molar-refractivity contribution in [3.05, 3.63) is 68.8 Å². The molecule has 0 aliphatic carbocycles. The lowest BCUT2D eigenvalue weighted by molar-refractivity contribution is -0.192. The van der Waals surface area contributed by atoms with Gasteiger partial charge in [-0.1, -0.05) is 18.2 Å². The molecule has 3 aromatic rings. The van der Waals surface area contributed by atoms with Crippen LogP contribution in [0, 0.1) is 26.7 Å². The van der Waals surface area contributed by atoms with E-state index in [-0.39, 0.29) is 36.1 Å². The van der Waals surface area contributed by atoms with Crippen LogP contribution in [0.5, 0.6) is 0 Å². The molecule has 0 spiro atoms. The fraction of sp³-hybridized carbons (Fsp3) is 0.500. The molecule has 0 unspecified atom stereocenters. The van der Waals surface area contributed by atoms with Crippen LogP contribution >= 0.6 is 0 Å². The number of likely N-dealkylation sites (tertiary alicyclic amines) is 1. The maximum atomic E-state index is 13.7. The third-order valence-electron chi connectivity index (χ3n) is 7.91. The number of carbonyl (C=O) groups is 1. The molecule has 194 valence electrons. The van der Waals surface area contributed by atoms with E-state index in [0.717, 1.165) is 27.9 Å². The van der Waals surface area contributed by atoms with Crippen molar-refractivity contribution in [2.24, 2.45) is 5.92 Å². The molecule has 1 aliphatic rings. The van der Waals surface area contributed by atoms with Crippen molar-refractivity contribution < 1.29 is 18.0 Å². The number of carbonyl (C=O) groups excluding carboxylic acids is 1. The summed E-state index contributed by atoms with van der Waals surface area (Å²) in [5, 5.41) is 0.807. The van der Waals surface area contributed by atoms with Gasteiger partial charge in [-0.05, 0) is 84.2 Å². The molecule has 2 aromatic heterocycles. The number of halogens is 3. The van der Waals surface area contributed by atoms with Gasteiger partial charge in [0, 0.05) is 45.9 Å². The molecular formula is C28H34F3N3O2. The van der Waals surface area contributed by atoms with Gasteiger partial charge >= 0.3 is 6.18 Å². The predicted molar refractivity (Wildman–Crippen MR) is 136 cm³/mol. The molecule has 36 heavy (non-hydrogen) atoms. The number of benzene rings is 1. The quantitative estimate of drug-likeness (QED) is 0.428. The lowest BCUT2D eigenvalue weighted by Gasteiger charge is -2.40. The second kappa shape index (κ2) is 9.88. The summed E-state index contributed by atoms with van der Waals surface area (Å²) in [5.74, 6) is -0.232. The van der Waals surface area contributed by atoms with Crippen molar-refractivity contribution in [1.29, 1.82) is 0 Å². The van der Waals surface area contributed by atoms with Crippen LogP contribution < -0.4 is 5.56 Å². The number of hydrogen-bond acceptors (Lipinski definition) is 3. The molecule has 5 nitrogen and oxygen atoms in total. The van der Waals surface area contributed by atoms with Crippen LogP contribution in [-0.4, -0.2) is 46.0 Å². The van der Waals surface area contributed by atoms with Gasteiger partial charge < -0.3 is 9.55 Å². The van der Waals surface area contributed by atoms with Crippen molar-refractivity contribution in [1.82, 2.24) is 14.5 Å². The molecule has 3 heterocycles. The first kappa shape index (κ1) is 26.2. The van der Waals surface area contributed by atoms with E-state index in [1.54, 1.807) is 0 Å². The molecule has 1 aliphatic heterocycles. The number of ketones is 1. The van der Waals surface area contributed by atoms with E-state index in [1.807, 2.05) is 58.0 Å². The van der Waals surface area contributed by atoms with Crippen LogP contribution in [0.25, 0.3) is 10.9 Å². The Labute approximate surface area is 209 Å². The first-order chi connectivity index (χ1) is 16.9. The first-order valence-corrected chi connectivity index (χ1v) is 12.5. The van der Waals surface area contributed by atoms with Gasteiger partial charge in [-0.25, -0.2) is 0 Å². The number of piperidine rings is 1. The Kier molecular flexibility index (Phi) is 7.19. The minimum Gasteiger partial charge on any atom is -0.341 e. The van der Waals surface area contributed by atoms with Crippen molar-refractivity contribution in [2.75, 3.05) is 13.6 Å². The van der Waals surface area contributed by atoms with Gasteiger partial charge in [-0.3, -0.25) is 14.5 Å². The highest BCUT2D eigenvalue weighted by molar-refractivity contribution is 6.09. The van der Waals surface area contributed by atoms with Crippen LogP contribution in [0.4, 0.5) is 13.2 Å². The number of Topliss-reactive ketones (excluding diaryl/α,β-unsaturated/α-hetero) is 1. The third-order valence-corrected chi connectivity index (χ3v) is 7.91. The molecule has 1 N–H and O–H groups in total. The molecule has 0 saturated carbocycles. The number of alkyl halides is 3. The highest BCUT2D eigenvalue weighted by Gasteiger charge is 2.46. The van der Waals surface area contributed by atoms with Gasteiger partial charge in [-0.2, -0.15) is 13.2 Å². The van der Waals surface area contributed by atoms with Gasteiger partial charge in [0.25, 0.3) is 5.56 Å². The monoisotopic (exact) mass is 501 g/mol. The minimum atomic E-state index is -4.27. The summed E-state index contributed by atoms with van der Waals surface area (Å²) >= 11 is 0. The molecule has 1 saturated heterocycles. The second-order valence-electron chi connectivity index (χ2n) is 10.3. The fourth-order valence-corrected chi connectivity index (χ4v) is 5.97. The molecule has 0 radical (unpaired) electrons. The van der Waals surface area contributed by atoms with Crippen LogP contribution in [0.1, 0.15) is 65.1 Å². The summed E-state index contributed by atoms with van der Waals surface area (Å²) in [7, 11) is 1.53. The maximum Gasteiger partial charge on any atom is 0.404 e. The Morgan fingerprint density at radius 3 is 2.56 bits per heavy atom. The summed E-state index contributed by atoms with van der Waals surface area (Å²) in [6, 6.07) is 7.83. The lowest BCUT2D eigenvalue weighted by Crippen LogP contribution is -2.49. The van der Waals surface area contributed by atoms with Crippen molar-refractivity contribution in [3.8, 4) is 0 Å². The summed E-state index contributed by atoms with van der Waals surface area (Å²) < 4.78 is 43.0. The normalized spacial score (nSPS) is 20.1. The van der Waals surface area contributed by atoms with Crippen molar-refractivity contribution in [3.63, 3.8) is 0 Å². The van der Waals surface area contributed by atoms with Crippen molar-refractivity contribution in [2.45, 2.75) is 71.6 Å². The van der Waals surface area contributed by atoms with E-state index in [2.05, 4.69) is 9.55 Å². The zero-order valence-corrected chi connectivity index (χ0v) is 21.5. The summed E-state index contributed by atoms with van der Waals surface area (Å²) in [5.41, 5.74) is 4.30. The Hall–Kier alpha value is -2.87. The number of pyridine rings is 1. The number of aryl methyl sites for hydroxylation is 2. The topological polar surface area (TPSA) is 58.1 Å². The molecule has 4 rings (SSSR count). The average molecular weight is 502 g/mol. The summed E-state index contributed by atoms with van der Waals surface area (Å²) in [6.45, 7) is 7.92. The van der Waals surface area contributed by atoms with Crippen LogP contribution in [0.2, 0.25) is 0 Å². The number of hydrogen-bond donors (Lipinski definition) is 1. The number of fused-ring (bicyclic) bond motifs is 1. The second-order valence-corrected chi connectivity index (χ2v) is 10.3. The van der Waals surface area contributed by atoms with Crippen LogP contribution in [0.15, 0.2) is 35.1 Å². The maximum absolute atomic E-state index is 13.7. The minimum absolute atomic E-state index is 0.0336. The van der Waals surface area contributed by atoms with E-state index < -0.39 is 12.2 Å². The first-order valence-electron chi connectivity index (χ1n) is 12.5. The number of nitrogens with one attached hydrogen (secondary N) is 1. The van der Waals surface area contributed by atoms with Crippen molar-refractivity contribution >= 4 is 16.7 Å². The highest BCUT2D eigenvalue weighted by atomic mass is 19.4. The number of H-pyrrole nitrogens is 1. The van der Waals surface area contributed by atoms with Gasteiger partial charge in [-0.15, -0.1) is 0 Å². The standard InChI is InChI=1S/C28H34F3N3O2/c1-16-14-17(2)32-27(36)21(16)10-11-24(35)26-19(4)34(23-9-7-6-8-22(23)26)18(3)20-12-13-33(5)25(15-20)28(29,30)31/h6-9,14,18,20,25H,10-13,15H2,1-5H3,(H,32,36)/t18-,20+,25-/m1/s1. The van der Waals surface area contributed by atoms with Gasteiger partial charge in [0.2, 0.25) is 0 Å². The molecule has 1 fully saturated rings. The Balaban J connectivity index is 1.66. The highest BCUT2D eigenvalue weighted by Crippen LogP contribution is 2.40. The van der Waals surface area contributed by atoms with Gasteiger partial charge in [0.05, 0.1) is 0 Å². The number of para-hydroxylation sites is 1. The van der Waals surface area contributed by atoms with Gasteiger partial charge in [0.1, 0.15) is 6.04 Å². The number of aromatic nitrogens is 2. The molecule has 0 amide bonds. The van der Waals surface area contributed by atoms with Crippen LogP contribution in [-0.2, 0) is 6.42 Å². The Morgan fingerprint density at radius 1 is 1.19 bits per heavy atom. The van der Waals surface area contributed by atoms with E-state index in [1.165, 1.54) is 11.9 Å². The zero-order valence-electron chi connectivity index (χ0n) is 21.5. The number of aromatic amines is 1. The lowest BCUT2D eigenvalue weighted by atomic mass is 9.85. The largest absolute Gasteiger partial charge is 0.404 e. The number of rotatable bonds is 6. The van der Waals surface area contributed by atoms with E-state index >= 15 is 0 Å². The fourth-order valence-electron chi connectivity index (χ4n) is 5.97. The molecule has 0 bridgehead atoms. The number of nitrogens with zero attached hydrogens (tertiary/aromatic N) is 2. The zero-order chi connectivity index (χ0) is 26.4. The predicted octanol–water partition coefficient (Wildman–Crippen LogP) is 5.90. The van der Waals surface area contributed by atoms with E-state index in [0.29, 0.717) is 30.5 Å². The van der Waals surface area contributed by atoms with E-state index in [9.17, 15) is 22.8 Å². The molecule has 3 atom stereocenters. The molecule has 8 heteroatoms.